The zero-order valence-corrected chi connectivity index (χ0v) is 7.34. The van der Waals surface area contributed by atoms with Gasteiger partial charge >= 0.3 is 6.09 Å². The van der Waals surface area contributed by atoms with Crippen LogP contribution in [0.3, 0.4) is 0 Å². The van der Waals surface area contributed by atoms with Crippen molar-refractivity contribution in [3.05, 3.63) is 23.7 Å². The lowest BCUT2D eigenvalue weighted by molar-refractivity contribution is 0.210. The third-order valence-electron chi connectivity index (χ3n) is 1.60. The third kappa shape index (κ3) is 1.46. The van der Waals surface area contributed by atoms with Crippen molar-refractivity contribution >= 4 is 33.3 Å². The average Bonchev–Trinajstić information content (AvgIpc) is 2.51. The second-order valence-electron chi connectivity index (χ2n) is 2.44. The molecule has 1 aromatic heterocycles. The Morgan fingerprint density at radius 2 is 2.38 bits per heavy atom. The summed E-state index contributed by atoms with van der Waals surface area (Å²) in [7, 11) is 0. The molecule has 66 valence electrons. The van der Waals surface area contributed by atoms with Gasteiger partial charge < -0.3 is 5.11 Å². The molecular weight excluding hydrogens is 188 g/mol. The summed E-state index contributed by atoms with van der Waals surface area (Å²) in [5.74, 6) is 0. The first kappa shape index (κ1) is 8.00. The van der Waals surface area contributed by atoms with Crippen molar-refractivity contribution in [1.82, 2.24) is 4.98 Å². The summed E-state index contributed by atoms with van der Waals surface area (Å²) in [6, 6.07) is 5.33. The minimum absolute atomic E-state index is 0.590. The van der Waals surface area contributed by atoms with Crippen molar-refractivity contribution in [2.24, 2.45) is 0 Å². The van der Waals surface area contributed by atoms with Crippen molar-refractivity contribution in [1.29, 1.82) is 0 Å². The van der Waals surface area contributed by atoms with E-state index in [1.165, 1.54) is 11.3 Å². The van der Waals surface area contributed by atoms with E-state index in [4.69, 9.17) is 5.11 Å². The lowest BCUT2D eigenvalue weighted by Crippen LogP contribution is -2.06. The number of nitrogens with one attached hydrogen (secondary N) is 1. The number of aromatic nitrogens is 1. The number of carbonyl (C=O) groups is 1. The first-order valence-corrected chi connectivity index (χ1v) is 4.47. The van der Waals surface area contributed by atoms with Gasteiger partial charge in [-0.05, 0) is 12.1 Å². The van der Waals surface area contributed by atoms with Crippen LogP contribution in [0.2, 0.25) is 0 Å². The molecule has 0 bridgehead atoms. The Labute approximate surface area is 77.8 Å². The fourth-order valence-electron chi connectivity index (χ4n) is 1.10. The third-order valence-corrected chi connectivity index (χ3v) is 2.47. The molecule has 1 aromatic carbocycles. The van der Waals surface area contributed by atoms with Gasteiger partial charge in [0, 0.05) is 0 Å². The van der Waals surface area contributed by atoms with E-state index in [0.29, 0.717) is 5.69 Å². The standard InChI is InChI=1S/C8H6N2O2S/c11-8(12)10-6-3-1-2-5-7(6)13-4-9-5/h1-4,10H,(H,11,12). The van der Waals surface area contributed by atoms with Gasteiger partial charge in [-0.25, -0.2) is 9.78 Å². The molecule has 0 aliphatic carbocycles. The van der Waals surface area contributed by atoms with Crippen LogP contribution in [-0.4, -0.2) is 16.2 Å². The van der Waals surface area contributed by atoms with Crippen LogP contribution < -0.4 is 5.32 Å². The molecule has 4 nitrogen and oxygen atoms in total. The van der Waals surface area contributed by atoms with E-state index in [9.17, 15) is 4.79 Å². The van der Waals surface area contributed by atoms with Gasteiger partial charge in [0.2, 0.25) is 0 Å². The zero-order chi connectivity index (χ0) is 9.26. The Kier molecular flexibility index (Phi) is 1.86. The van der Waals surface area contributed by atoms with E-state index in [0.717, 1.165) is 10.2 Å². The summed E-state index contributed by atoms with van der Waals surface area (Å²) in [5.41, 5.74) is 3.10. The van der Waals surface area contributed by atoms with Gasteiger partial charge in [-0.3, -0.25) is 5.32 Å². The maximum Gasteiger partial charge on any atom is 0.409 e. The van der Waals surface area contributed by atoms with Crippen molar-refractivity contribution in [2.75, 3.05) is 5.32 Å². The predicted molar refractivity (Wildman–Crippen MR) is 51.3 cm³/mol. The molecule has 2 rings (SSSR count). The summed E-state index contributed by atoms with van der Waals surface area (Å²) in [6.07, 6.45) is -1.05. The topological polar surface area (TPSA) is 62.2 Å². The number of amides is 1. The molecule has 5 heteroatoms. The summed E-state index contributed by atoms with van der Waals surface area (Å²) >= 11 is 1.42. The average molecular weight is 194 g/mol. The molecule has 1 heterocycles. The molecule has 0 spiro atoms. The van der Waals surface area contributed by atoms with Crippen LogP contribution in [-0.2, 0) is 0 Å². The normalized spacial score (nSPS) is 10.2. The molecule has 0 aliphatic rings. The van der Waals surface area contributed by atoms with E-state index < -0.39 is 6.09 Å². The minimum atomic E-state index is -1.05. The predicted octanol–water partition coefficient (Wildman–Crippen LogP) is 2.39. The van der Waals surface area contributed by atoms with E-state index in [1.54, 1.807) is 17.6 Å². The molecule has 2 aromatic rings. The van der Waals surface area contributed by atoms with Crippen LogP contribution in [0, 0.1) is 0 Å². The van der Waals surface area contributed by atoms with Crippen molar-refractivity contribution in [3.63, 3.8) is 0 Å². The number of benzene rings is 1. The highest BCUT2D eigenvalue weighted by Gasteiger charge is 2.04. The number of nitrogens with zero attached hydrogens (tertiary/aromatic N) is 1. The van der Waals surface area contributed by atoms with Gasteiger partial charge in [-0.1, -0.05) is 6.07 Å². The monoisotopic (exact) mass is 194 g/mol. The van der Waals surface area contributed by atoms with Crippen LogP contribution in [0.5, 0.6) is 0 Å². The van der Waals surface area contributed by atoms with Crippen LogP contribution in [0.4, 0.5) is 10.5 Å². The lowest BCUT2D eigenvalue weighted by Gasteiger charge is -1.99. The molecule has 0 aliphatic heterocycles. The van der Waals surface area contributed by atoms with Gasteiger partial charge in [0.1, 0.15) is 0 Å². The van der Waals surface area contributed by atoms with Gasteiger partial charge in [-0.15, -0.1) is 11.3 Å². The Hall–Kier alpha value is -1.62. The Bertz CT molecular complexity index is 452. The fourth-order valence-corrected chi connectivity index (χ4v) is 1.86. The largest absolute Gasteiger partial charge is 0.465 e. The van der Waals surface area contributed by atoms with Crippen molar-refractivity contribution in [2.45, 2.75) is 0 Å². The maximum atomic E-state index is 10.4. The summed E-state index contributed by atoms with van der Waals surface area (Å²) < 4.78 is 0.866. The Morgan fingerprint density at radius 3 is 3.15 bits per heavy atom. The quantitative estimate of drug-likeness (QED) is 0.732. The van der Waals surface area contributed by atoms with Crippen molar-refractivity contribution in [3.8, 4) is 0 Å². The van der Waals surface area contributed by atoms with E-state index >= 15 is 0 Å². The number of carboxylic acid groups (broad SMARTS) is 1. The summed E-state index contributed by atoms with van der Waals surface area (Å²) in [4.78, 5) is 14.5. The van der Waals surface area contributed by atoms with E-state index in [1.807, 2.05) is 6.07 Å². The molecule has 0 atom stereocenters. The number of hydrogen-bond donors (Lipinski definition) is 2. The molecular formula is C8H6N2O2S. The number of hydrogen-bond acceptors (Lipinski definition) is 3. The second kappa shape index (κ2) is 3.02. The van der Waals surface area contributed by atoms with Gasteiger partial charge in [-0.2, -0.15) is 0 Å². The second-order valence-corrected chi connectivity index (χ2v) is 3.29. The number of fused-ring (bicyclic) bond motifs is 1. The number of thiazole rings is 1. The van der Waals surface area contributed by atoms with Gasteiger partial charge in [0.15, 0.2) is 0 Å². The lowest BCUT2D eigenvalue weighted by atomic mass is 10.3. The summed E-state index contributed by atoms with van der Waals surface area (Å²) in [6.45, 7) is 0. The fraction of sp³-hybridized carbons (Fsp3) is 0. The molecule has 0 saturated carbocycles. The molecule has 0 radical (unpaired) electrons. The van der Waals surface area contributed by atoms with Crippen LogP contribution >= 0.6 is 11.3 Å². The molecule has 0 unspecified atom stereocenters. The minimum Gasteiger partial charge on any atom is -0.465 e. The van der Waals surface area contributed by atoms with Gasteiger partial charge in [0.25, 0.3) is 0 Å². The smallest absolute Gasteiger partial charge is 0.409 e. The Balaban J connectivity index is 2.54. The highest BCUT2D eigenvalue weighted by atomic mass is 32.1. The molecule has 2 N–H and O–H groups in total. The van der Waals surface area contributed by atoms with E-state index in [-0.39, 0.29) is 0 Å². The first-order chi connectivity index (χ1) is 6.27. The van der Waals surface area contributed by atoms with Crippen LogP contribution in [0.1, 0.15) is 0 Å². The van der Waals surface area contributed by atoms with Crippen LogP contribution in [0.25, 0.3) is 10.2 Å². The maximum absolute atomic E-state index is 10.4. The number of anilines is 1. The van der Waals surface area contributed by atoms with Crippen LogP contribution in [0.15, 0.2) is 23.7 Å². The highest BCUT2D eigenvalue weighted by Crippen LogP contribution is 2.26. The molecule has 0 fully saturated rings. The summed E-state index contributed by atoms with van der Waals surface area (Å²) in [5, 5.41) is 10.9. The highest BCUT2D eigenvalue weighted by molar-refractivity contribution is 7.17. The van der Waals surface area contributed by atoms with E-state index in [2.05, 4.69) is 10.3 Å². The Morgan fingerprint density at radius 1 is 1.54 bits per heavy atom. The SMILES string of the molecule is O=C(O)Nc1cccc2ncsc12. The molecule has 1 amide bonds. The molecule has 13 heavy (non-hydrogen) atoms. The first-order valence-electron chi connectivity index (χ1n) is 3.59. The number of rotatable bonds is 1. The molecule has 0 saturated heterocycles. The van der Waals surface area contributed by atoms with Gasteiger partial charge in [0.05, 0.1) is 21.4 Å². The van der Waals surface area contributed by atoms with Crippen molar-refractivity contribution < 1.29 is 9.90 Å². The zero-order valence-electron chi connectivity index (χ0n) is 6.52.